The lowest BCUT2D eigenvalue weighted by Gasteiger charge is -2.35. The number of likely N-dealkylation sites (N-methyl/N-ethyl adjacent to an activating group) is 2. The lowest BCUT2D eigenvalue weighted by Crippen LogP contribution is -2.45. The molecule has 104 valence electrons. The molecule has 2 aliphatic rings. The molecule has 1 aromatic rings. The molecule has 1 aliphatic heterocycles. The number of aryl methyl sites for hydroxylation is 1. The number of anilines is 1. The number of carbonyl (C=O) groups is 1. The minimum atomic E-state index is 0.291. The summed E-state index contributed by atoms with van der Waals surface area (Å²) in [5.74, 6) is 0.291. The van der Waals surface area contributed by atoms with Gasteiger partial charge in [-0.3, -0.25) is 4.79 Å². The molecule has 1 fully saturated rings. The fourth-order valence-corrected chi connectivity index (χ4v) is 4.13. The Balaban J connectivity index is 1.80. The standard InChI is InChI=1S/C14H21N3OS/c1-16-8-4-5-10(9-16)17(2)14-15-11-6-3-7-12(18)13(11)19-14/h10H,3-9H2,1-2H3. The van der Waals surface area contributed by atoms with Crippen LogP contribution in [-0.4, -0.2) is 48.9 Å². The summed E-state index contributed by atoms with van der Waals surface area (Å²) in [4.78, 5) is 22.2. The number of nitrogens with zero attached hydrogens (tertiary/aromatic N) is 3. The van der Waals surface area contributed by atoms with Crippen LogP contribution in [0.4, 0.5) is 5.13 Å². The molecular weight excluding hydrogens is 258 g/mol. The number of rotatable bonds is 2. The Labute approximate surface area is 118 Å². The molecule has 1 aliphatic carbocycles. The zero-order valence-corrected chi connectivity index (χ0v) is 12.5. The maximum absolute atomic E-state index is 11.9. The summed E-state index contributed by atoms with van der Waals surface area (Å²) in [6.45, 7) is 2.28. The average Bonchev–Trinajstić information content (AvgIpc) is 2.83. The monoisotopic (exact) mass is 279 g/mol. The fraction of sp³-hybridized carbons (Fsp3) is 0.714. The number of likely N-dealkylation sites (tertiary alicyclic amines) is 1. The molecule has 0 N–H and O–H groups in total. The highest BCUT2D eigenvalue weighted by molar-refractivity contribution is 7.17. The first-order chi connectivity index (χ1) is 9.15. The average molecular weight is 279 g/mol. The van der Waals surface area contributed by atoms with E-state index in [1.165, 1.54) is 19.4 Å². The van der Waals surface area contributed by atoms with Gasteiger partial charge >= 0.3 is 0 Å². The summed E-state index contributed by atoms with van der Waals surface area (Å²) in [5.41, 5.74) is 1.03. The first-order valence-electron chi connectivity index (χ1n) is 7.09. The zero-order chi connectivity index (χ0) is 13.4. The minimum absolute atomic E-state index is 0.291. The van der Waals surface area contributed by atoms with Crippen LogP contribution in [0.5, 0.6) is 0 Å². The smallest absolute Gasteiger partial charge is 0.186 e. The molecule has 0 radical (unpaired) electrons. The number of aromatic nitrogens is 1. The van der Waals surface area contributed by atoms with Crippen molar-refractivity contribution in [3.8, 4) is 0 Å². The van der Waals surface area contributed by atoms with Crippen LogP contribution in [-0.2, 0) is 6.42 Å². The van der Waals surface area contributed by atoms with Crippen molar-refractivity contribution in [1.29, 1.82) is 0 Å². The molecule has 2 heterocycles. The van der Waals surface area contributed by atoms with Crippen LogP contribution in [0.3, 0.4) is 0 Å². The van der Waals surface area contributed by atoms with Crippen molar-refractivity contribution in [2.45, 2.75) is 38.1 Å². The van der Waals surface area contributed by atoms with Gasteiger partial charge in [0.05, 0.1) is 10.6 Å². The van der Waals surface area contributed by atoms with Crippen molar-refractivity contribution >= 4 is 22.3 Å². The van der Waals surface area contributed by atoms with Crippen molar-refractivity contribution in [1.82, 2.24) is 9.88 Å². The molecule has 0 spiro atoms. The van der Waals surface area contributed by atoms with Crippen molar-refractivity contribution in [3.05, 3.63) is 10.6 Å². The molecule has 0 bridgehead atoms. The number of thiazole rings is 1. The number of piperidine rings is 1. The molecule has 1 unspecified atom stereocenters. The van der Waals surface area contributed by atoms with Gasteiger partial charge in [-0.15, -0.1) is 0 Å². The van der Waals surface area contributed by atoms with Gasteiger partial charge in [0.15, 0.2) is 10.9 Å². The van der Waals surface area contributed by atoms with Crippen LogP contribution in [0, 0.1) is 0 Å². The minimum Gasteiger partial charge on any atom is -0.347 e. The third-order valence-corrected chi connectivity index (χ3v) is 5.44. The quantitative estimate of drug-likeness (QED) is 0.831. The number of ketones is 1. The Kier molecular flexibility index (Phi) is 3.58. The topological polar surface area (TPSA) is 36.4 Å². The van der Waals surface area contributed by atoms with E-state index in [4.69, 9.17) is 4.98 Å². The predicted octanol–water partition coefficient (Wildman–Crippen LogP) is 2.19. The summed E-state index contributed by atoms with van der Waals surface area (Å²) in [7, 11) is 4.30. The summed E-state index contributed by atoms with van der Waals surface area (Å²) in [5, 5.41) is 1.03. The number of fused-ring (bicyclic) bond motifs is 1. The van der Waals surface area contributed by atoms with E-state index >= 15 is 0 Å². The highest BCUT2D eigenvalue weighted by Gasteiger charge is 2.27. The normalized spacial score (nSPS) is 24.3. The first-order valence-corrected chi connectivity index (χ1v) is 7.91. The maximum atomic E-state index is 11.9. The molecule has 4 nitrogen and oxygen atoms in total. The van der Waals surface area contributed by atoms with Gasteiger partial charge < -0.3 is 9.80 Å². The number of hydrogen-bond acceptors (Lipinski definition) is 5. The van der Waals surface area contributed by atoms with Gasteiger partial charge in [0, 0.05) is 26.1 Å². The summed E-state index contributed by atoms with van der Waals surface area (Å²) >= 11 is 1.59. The van der Waals surface area contributed by atoms with E-state index in [-0.39, 0.29) is 0 Å². The van der Waals surface area contributed by atoms with Gasteiger partial charge in [0.2, 0.25) is 0 Å². The second-order valence-electron chi connectivity index (χ2n) is 5.72. The largest absolute Gasteiger partial charge is 0.347 e. The maximum Gasteiger partial charge on any atom is 0.186 e. The third-order valence-electron chi connectivity index (χ3n) is 4.21. The molecule has 3 rings (SSSR count). The van der Waals surface area contributed by atoms with Gasteiger partial charge in [-0.1, -0.05) is 11.3 Å². The predicted molar refractivity (Wildman–Crippen MR) is 78.3 cm³/mol. The number of hydrogen-bond donors (Lipinski definition) is 0. The molecule has 0 saturated carbocycles. The van der Waals surface area contributed by atoms with E-state index in [1.54, 1.807) is 11.3 Å². The fourth-order valence-electron chi connectivity index (χ4n) is 3.02. The van der Waals surface area contributed by atoms with Crippen LogP contribution in [0.15, 0.2) is 0 Å². The SMILES string of the molecule is CN1CCCC(N(C)c2nc3c(s2)C(=O)CCC3)C1. The van der Waals surface area contributed by atoms with Crippen molar-refractivity contribution < 1.29 is 4.79 Å². The van der Waals surface area contributed by atoms with E-state index in [0.717, 1.165) is 35.1 Å². The summed E-state index contributed by atoms with van der Waals surface area (Å²) in [6.07, 6.45) is 5.10. The molecule has 0 amide bonds. The first kappa shape index (κ1) is 13.1. The Morgan fingerprint density at radius 3 is 2.95 bits per heavy atom. The zero-order valence-electron chi connectivity index (χ0n) is 11.7. The molecule has 1 aromatic heterocycles. The van der Waals surface area contributed by atoms with Gasteiger partial charge in [0.1, 0.15) is 0 Å². The lowest BCUT2D eigenvalue weighted by molar-refractivity contribution is 0.0976. The second-order valence-corrected chi connectivity index (χ2v) is 6.70. The van der Waals surface area contributed by atoms with Crippen LogP contribution in [0.1, 0.15) is 41.0 Å². The van der Waals surface area contributed by atoms with Gasteiger partial charge in [0.25, 0.3) is 0 Å². The Morgan fingerprint density at radius 2 is 2.21 bits per heavy atom. The van der Waals surface area contributed by atoms with Crippen molar-refractivity contribution in [2.75, 3.05) is 32.1 Å². The Morgan fingerprint density at radius 1 is 1.37 bits per heavy atom. The van der Waals surface area contributed by atoms with Crippen molar-refractivity contribution in [2.24, 2.45) is 0 Å². The Bertz CT molecular complexity index is 485. The molecule has 1 saturated heterocycles. The van der Waals surface area contributed by atoms with Crippen LogP contribution in [0.2, 0.25) is 0 Å². The van der Waals surface area contributed by atoms with E-state index in [0.29, 0.717) is 18.2 Å². The van der Waals surface area contributed by atoms with Crippen LogP contribution in [0.25, 0.3) is 0 Å². The lowest BCUT2D eigenvalue weighted by atomic mass is 10.0. The van der Waals surface area contributed by atoms with Crippen LogP contribution < -0.4 is 4.90 Å². The summed E-state index contributed by atoms with van der Waals surface area (Å²) in [6, 6.07) is 0.529. The second kappa shape index (κ2) is 5.21. The number of Topliss-reactive ketones (excluding diaryl/α,β-unsaturated/α-hetero) is 1. The molecule has 5 heteroatoms. The van der Waals surface area contributed by atoms with Crippen LogP contribution >= 0.6 is 11.3 Å². The van der Waals surface area contributed by atoms with E-state index in [1.807, 2.05) is 0 Å². The number of carbonyl (C=O) groups excluding carboxylic acids is 1. The van der Waals surface area contributed by atoms with Gasteiger partial charge in [-0.2, -0.15) is 0 Å². The van der Waals surface area contributed by atoms with E-state index in [9.17, 15) is 4.79 Å². The highest BCUT2D eigenvalue weighted by Crippen LogP contribution is 2.33. The van der Waals surface area contributed by atoms with Gasteiger partial charge in [-0.05, 0) is 39.3 Å². The summed E-state index contributed by atoms with van der Waals surface area (Å²) < 4.78 is 0. The highest BCUT2D eigenvalue weighted by atomic mass is 32.1. The molecule has 1 atom stereocenters. The molecule has 19 heavy (non-hydrogen) atoms. The Hall–Kier alpha value is -0.940. The van der Waals surface area contributed by atoms with Gasteiger partial charge in [-0.25, -0.2) is 4.98 Å². The van der Waals surface area contributed by atoms with E-state index in [2.05, 4.69) is 23.9 Å². The molecular formula is C14H21N3OS. The third kappa shape index (κ3) is 2.54. The van der Waals surface area contributed by atoms with Crippen molar-refractivity contribution in [3.63, 3.8) is 0 Å². The molecule has 0 aromatic carbocycles. The van der Waals surface area contributed by atoms with E-state index < -0.39 is 0 Å².